The number of guanidine groups is 1. The largest absolute Gasteiger partial charge is 0.384 e. The van der Waals surface area contributed by atoms with Gasteiger partial charge in [0, 0.05) is 35.6 Å². The predicted octanol–water partition coefficient (Wildman–Crippen LogP) is 2.34. The minimum absolute atomic E-state index is 0.190. The molecule has 2 aromatic carbocycles. The zero-order valence-corrected chi connectivity index (χ0v) is 17.8. The van der Waals surface area contributed by atoms with Crippen LogP contribution in [-0.4, -0.2) is 39.9 Å². The summed E-state index contributed by atoms with van der Waals surface area (Å²) in [6, 6.07) is 12.4. The molecule has 0 spiro atoms. The van der Waals surface area contributed by atoms with Gasteiger partial charge in [-0.25, -0.2) is 13.4 Å². The summed E-state index contributed by atoms with van der Waals surface area (Å²) in [5, 5.41) is 10.3. The number of halogens is 1. The molecule has 7 nitrogen and oxygen atoms in total. The highest BCUT2D eigenvalue weighted by Crippen LogP contribution is 2.27. The van der Waals surface area contributed by atoms with Crippen molar-refractivity contribution in [3.63, 3.8) is 0 Å². The first-order valence-electron chi connectivity index (χ1n) is 9.09. The van der Waals surface area contributed by atoms with Crippen LogP contribution < -0.4 is 21.7 Å². The number of nitrogens with one attached hydrogen (secondary N) is 3. The van der Waals surface area contributed by atoms with Crippen molar-refractivity contribution < 1.29 is 8.42 Å². The predicted molar refractivity (Wildman–Crippen MR) is 119 cm³/mol. The minimum Gasteiger partial charge on any atom is -0.384 e. The molecule has 9 heteroatoms. The molecule has 1 aliphatic rings. The van der Waals surface area contributed by atoms with E-state index in [2.05, 4.69) is 20.9 Å². The van der Waals surface area contributed by atoms with Gasteiger partial charge < -0.3 is 16.4 Å². The van der Waals surface area contributed by atoms with E-state index in [1.807, 2.05) is 37.3 Å². The van der Waals surface area contributed by atoms with Crippen LogP contribution in [-0.2, 0) is 9.84 Å². The summed E-state index contributed by atoms with van der Waals surface area (Å²) in [4.78, 5) is 4.68. The molecule has 0 aliphatic carbocycles. The second-order valence-corrected chi connectivity index (χ2v) is 9.19. The number of hydrogen-bond donors (Lipinski definition) is 4. The summed E-state index contributed by atoms with van der Waals surface area (Å²) in [6.45, 7) is 3.16. The zero-order valence-electron chi connectivity index (χ0n) is 16.2. The molecule has 1 unspecified atom stereocenters. The first kappa shape index (κ1) is 21.2. The van der Waals surface area contributed by atoms with Crippen LogP contribution in [0.2, 0.25) is 5.02 Å². The third-order valence-corrected chi connectivity index (χ3v) is 6.01. The van der Waals surface area contributed by atoms with Gasteiger partial charge in [0.1, 0.15) is 6.17 Å². The number of nitrogens with zero attached hydrogens (tertiary/aromatic N) is 1. The Labute approximate surface area is 176 Å². The van der Waals surface area contributed by atoms with Crippen LogP contribution in [0.25, 0.3) is 5.70 Å². The maximum Gasteiger partial charge on any atom is 0.195 e. The van der Waals surface area contributed by atoms with Gasteiger partial charge in [0.2, 0.25) is 0 Å². The average Bonchev–Trinajstić information content (AvgIpc) is 2.66. The molecule has 0 bridgehead atoms. The molecule has 0 saturated carbocycles. The van der Waals surface area contributed by atoms with E-state index in [9.17, 15) is 8.42 Å². The van der Waals surface area contributed by atoms with E-state index in [0.29, 0.717) is 24.1 Å². The van der Waals surface area contributed by atoms with Gasteiger partial charge in [0.15, 0.2) is 15.8 Å². The highest BCUT2D eigenvalue weighted by atomic mass is 35.5. The van der Waals surface area contributed by atoms with Crippen LogP contribution in [0.3, 0.4) is 0 Å². The number of aliphatic imine (C=N–C) groups is 1. The fraction of sp³-hybridized carbons (Fsp3) is 0.250. The van der Waals surface area contributed by atoms with Crippen molar-refractivity contribution >= 4 is 38.8 Å². The summed E-state index contributed by atoms with van der Waals surface area (Å²) in [5.41, 5.74) is 9.34. The summed E-state index contributed by atoms with van der Waals surface area (Å²) in [7, 11) is -3.23. The van der Waals surface area contributed by atoms with Crippen LogP contribution in [0.5, 0.6) is 0 Å². The van der Waals surface area contributed by atoms with Gasteiger partial charge in [-0.05, 0) is 42.8 Å². The second-order valence-electron chi connectivity index (χ2n) is 6.76. The molecular formula is C20H24ClN5O2S. The standard InChI is InChI=1S/C20H24ClN5O2S/c1-13-16(7-4-8-17(13)21)18-12-19(26-20(22)25-18)24-10-9-23-14-5-3-6-15(11-14)29(2,27)28/h3-8,11-12,19,23-24H,9-10H2,1-2H3,(H3,22,25,26). The molecular weight excluding hydrogens is 410 g/mol. The van der Waals surface area contributed by atoms with Crippen molar-refractivity contribution in [3.05, 3.63) is 64.7 Å². The van der Waals surface area contributed by atoms with Crippen molar-refractivity contribution in [1.29, 1.82) is 0 Å². The number of anilines is 1. The maximum absolute atomic E-state index is 11.7. The van der Waals surface area contributed by atoms with Gasteiger partial charge in [-0.3, -0.25) is 5.32 Å². The van der Waals surface area contributed by atoms with E-state index < -0.39 is 9.84 Å². The number of rotatable bonds is 7. The van der Waals surface area contributed by atoms with E-state index in [4.69, 9.17) is 17.3 Å². The normalized spacial score (nSPS) is 16.6. The molecule has 154 valence electrons. The Morgan fingerprint density at radius 2 is 1.97 bits per heavy atom. The molecule has 3 rings (SSSR count). The molecule has 0 fully saturated rings. The second kappa shape index (κ2) is 8.86. The van der Waals surface area contributed by atoms with Crippen molar-refractivity contribution in [2.45, 2.75) is 18.0 Å². The van der Waals surface area contributed by atoms with Crippen LogP contribution in [0.1, 0.15) is 11.1 Å². The Kier molecular flexibility index (Phi) is 6.46. The summed E-state index contributed by atoms with van der Waals surface area (Å²) >= 11 is 6.22. The highest BCUT2D eigenvalue weighted by molar-refractivity contribution is 7.90. The molecule has 1 atom stereocenters. The maximum atomic E-state index is 11.7. The fourth-order valence-electron chi connectivity index (χ4n) is 2.97. The number of nitrogens with two attached hydrogens (primary N) is 1. The summed E-state index contributed by atoms with van der Waals surface area (Å²) < 4.78 is 23.3. The molecule has 2 aromatic rings. The van der Waals surface area contributed by atoms with Crippen molar-refractivity contribution in [2.24, 2.45) is 10.7 Å². The Bertz CT molecular complexity index is 1070. The SMILES string of the molecule is Cc1c(Cl)cccc1C1=CC(NCCNc2cccc(S(C)(=O)=O)c2)NC(N)=N1. The molecule has 29 heavy (non-hydrogen) atoms. The Morgan fingerprint density at radius 1 is 1.21 bits per heavy atom. The lowest BCUT2D eigenvalue weighted by Crippen LogP contribution is -2.50. The zero-order chi connectivity index (χ0) is 21.0. The van der Waals surface area contributed by atoms with Gasteiger partial charge in [0.25, 0.3) is 0 Å². The molecule has 1 heterocycles. The molecule has 0 amide bonds. The number of hydrogen-bond acceptors (Lipinski definition) is 7. The molecule has 0 saturated heterocycles. The van der Waals surface area contributed by atoms with E-state index in [1.54, 1.807) is 18.2 Å². The third kappa shape index (κ3) is 5.50. The quantitative estimate of drug-likeness (QED) is 0.499. The Balaban J connectivity index is 1.61. The smallest absolute Gasteiger partial charge is 0.195 e. The van der Waals surface area contributed by atoms with Crippen LogP contribution in [0.4, 0.5) is 5.69 Å². The van der Waals surface area contributed by atoms with E-state index in [1.165, 1.54) is 6.26 Å². The van der Waals surface area contributed by atoms with Crippen molar-refractivity contribution in [2.75, 3.05) is 24.7 Å². The van der Waals surface area contributed by atoms with E-state index >= 15 is 0 Å². The Morgan fingerprint density at radius 3 is 2.72 bits per heavy atom. The van der Waals surface area contributed by atoms with Crippen LogP contribution in [0, 0.1) is 6.92 Å². The van der Waals surface area contributed by atoms with Crippen LogP contribution in [0.15, 0.2) is 58.4 Å². The van der Waals surface area contributed by atoms with E-state index in [-0.39, 0.29) is 11.1 Å². The lowest BCUT2D eigenvalue weighted by Gasteiger charge is -2.23. The Hall–Kier alpha value is -2.55. The highest BCUT2D eigenvalue weighted by Gasteiger charge is 2.16. The van der Waals surface area contributed by atoms with Gasteiger partial charge in [-0.15, -0.1) is 0 Å². The summed E-state index contributed by atoms with van der Waals surface area (Å²) in [5.74, 6) is 0.327. The molecule has 0 radical (unpaired) electrons. The van der Waals surface area contributed by atoms with Gasteiger partial charge in [-0.1, -0.05) is 29.8 Å². The monoisotopic (exact) mass is 433 g/mol. The lowest BCUT2D eigenvalue weighted by atomic mass is 10.0. The van der Waals surface area contributed by atoms with Crippen molar-refractivity contribution in [3.8, 4) is 0 Å². The first-order valence-corrected chi connectivity index (χ1v) is 11.4. The van der Waals surface area contributed by atoms with Gasteiger partial charge in [-0.2, -0.15) is 0 Å². The third-order valence-electron chi connectivity index (χ3n) is 4.49. The molecule has 0 aromatic heterocycles. The topological polar surface area (TPSA) is 109 Å². The minimum atomic E-state index is -3.23. The van der Waals surface area contributed by atoms with Crippen LogP contribution >= 0.6 is 11.6 Å². The van der Waals surface area contributed by atoms with Gasteiger partial charge in [0.05, 0.1) is 10.6 Å². The average molecular weight is 434 g/mol. The molecule has 1 aliphatic heterocycles. The lowest BCUT2D eigenvalue weighted by molar-refractivity contribution is 0.572. The number of benzene rings is 2. The van der Waals surface area contributed by atoms with E-state index in [0.717, 1.165) is 22.5 Å². The first-order chi connectivity index (χ1) is 13.7. The van der Waals surface area contributed by atoms with Gasteiger partial charge >= 0.3 is 0 Å². The summed E-state index contributed by atoms with van der Waals surface area (Å²) in [6.07, 6.45) is 2.96. The number of sulfone groups is 1. The fourth-order valence-corrected chi connectivity index (χ4v) is 3.82. The van der Waals surface area contributed by atoms with Crippen molar-refractivity contribution in [1.82, 2.24) is 10.6 Å². The molecule has 5 N–H and O–H groups in total.